The van der Waals surface area contributed by atoms with Crippen LogP contribution in [0.1, 0.15) is 30.5 Å². The third-order valence-corrected chi connectivity index (χ3v) is 7.03. The van der Waals surface area contributed by atoms with Crippen LogP contribution < -0.4 is 15.0 Å². The van der Waals surface area contributed by atoms with Crippen LogP contribution in [-0.4, -0.2) is 36.1 Å². The Hall–Kier alpha value is -4.71. The highest BCUT2D eigenvalue weighted by molar-refractivity contribution is 5.91. The van der Waals surface area contributed by atoms with Gasteiger partial charge < -0.3 is 15.0 Å². The molecule has 0 fully saturated rings. The van der Waals surface area contributed by atoms with Crippen LogP contribution in [0.15, 0.2) is 109 Å². The van der Waals surface area contributed by atoms with Crippen LogP contribution in [0.4, 0.5) is 5.82 Å². The van der Waals surface area contributed by atoms with Crippen LogP contribution in [0, 0.1) is 0 Å². The maximum atomic E-state index is 13.1. The minimum absolute atomic E-state index is 0.00908. The first-order chi connectivity index (χ1) is 19.6. The van der Waals surface area contributed by atoms with E-state index in [0.717, 1.165) is 40.0 Å². The fraction of sp³-hybridized carbons (Fsp3) is 0.206. The van der Waals surface area contributed by atoms with E-state index >= 15 is 0 Å². The van der Waals surface area contributed by atoms with E-state index in [1.807, 2.05) is 85.8 Å². The molecule has 1 unspecified atom stereocenters. The molecule has 1 aromatic heterocycles. The zero-order valence-electron chi connectivity index (χ0n) is 23.0. The molecule has 0 radical (unpaired) electrons. The molecule has 5 aromatic rings. The lowest BCUT2D eigenvalue weighted by molar-refractivity contribution is -0.121. The second kappa shape index (κ2) is 12.9. The summed E-state index contributed by atoms with van der Waals surface area (Å²) in [6, 6.07) is 36.2. The van der Waals surface area contributed by atoms with E-state index in [-0.39, 0.29) is 11.9 Å². The van der Waals surface area contributed by atoms with Crippen LogP contribution >= 0.6 is 0 Å². The second-order valence-corrected chi connectivity index (χ2v) is 9.79. The Morgan fingerprint density at radius 2 is 1.50 bits per heavy atom. The summed E-state index contributed by atoms with van der Waals surface area (Å²) in [6.07, 6.45) is 1.18. The van der Waals surface area contributed by atoms with Gasteiger partial charge >= 0.3 is 0 Å². The largest absolute Gasteiger partial charge is 0.497 e. The van der Waals surface area contributed by atoms with Gasteiger partial charge in [0.15, 0.2) is 5.82 Å². The summed E-state index contributed by atoms with van der Waals surface area (Å²) >= 11 is 0. The molecule has 0 saturated heterocycles. The number of amides is 1. The van der Waals surface area contributed by atoms with Crippen molar-refractivity contribution in [3.8, 4) is 17.1 Å². The Kier molecular flexibility index (Phi) is 8.66. The number of hydrogen-bond donors (Lipinski definition) is 1. The van der Waals surface area contributed by atoms with Gasteiger partial charge in [-0.2, -0.15) is 0 Å². The molecule has 0 aliphatic carbocycles. The number of nitrogens with one attached hydrogen (secondary N) is 1. The zero-order chi connectivity index (χ0) is 27.7. The average molecular weight is 531 g/mol. The van der Waals surface area contributed by atoms with Gasteiger partial charge in [-0.1, -0.05) is 72.8 Å². The van der Waals surface area contributed by atoms with E-state index in [2.05, 4.69) is 40.5 Å². The summed E-state index contributed by atoms with van der Waals surface area (Å²) in [5.74, 6) is 2.26. The summed E-state index contributed by atoms with van der Waals surface area (Å²) in [5, 5.41) is 4.12. The number of hydrogen-bond acceptors (Lipinski definition) is 5. The molecule has 6 nitrogen and oxygen atoms in total. The number of para-hydroxylation sites is 1. The van der Waals surface area contributed by atoms with Crippen molar-refractivity contribution in [1.29, 1.82) is 0 Å². The maximum Gasteiger partial charge on any atom is 0.222 e. The number of methoxy groups -OCH3 is 1. The van der Waals surface area contributed by atoms with Crippen LogP contribution in [0.3, 0.4) is 0 Å². The molecule has 1 heterocycles. The lowest BCUT2D eigenvalue weighted by Crippen LogP contribution is -2.34. The fourth-order valence-corrected chi connectivity index (χ4v) is 4.78. The van der Waals surface area contributed by atoms with E-state index < -0.39 is 0 Å². The van der Waals surface area contributed by atoms with Gasteiger partial charge in [0.2, 0.25) is 5.91 Å². The van der Waals surface area contributed by atoms with Gasteiger partial charge in [0, 0.05) is 30.5 Å². The highest BCUT2D eigenvalue weighted by Crippen LogP contribution is 2.29. The topological polar surface area (TPSA) is 67.3 Å². The molecule has 0 bridgehead atoms. The fourth-order valence-electron chi connectivity index (χ4n) is 4.78. The first-order valence-electron chi connectivity index (χ1n) is 13.6. The molecule has 0 aliphatic heterocycles. The molecule has 1 amide bonds. The summed E-state index contributed by atoms with van der Waals surface area (Å²) < 4.78 is 5.33. The second-order valence-electron chi connectivity index (χ2n) is 9.79. The van der Waals surface area contributed by atoms with Gasteiger partial charge in [-0.15, -0.1) is 0 Å². The minimum Gasteiger partial charge on any atom is -0.497 e. The first-order valence-corrected chi connectivity index (χ1v) is 13.6. The third kappa shape index (κ3) is 6.64. The Balaban J connectivity index is 1.44. The van der Waals surface area contributed by atoms with Crippen molar-refractivity contribution in [3.05, 3.63) is 120 Å². The van der Waals surface area contributed by atoms with Gasteiger partial charge in [0.25, 0.3) is 0 Å². The van der Waals surface area contributed by atoms with Crippen molar-refractivity contribution >= 4 is 22.6 Å². The highest BCUT2D eigenvalue weighted by Gasteiger charge is 2.18. The van der Waals surface area contributed by atoms with Gasteiger partial charge in [0.1, 0.15) is 11.6 Å². The molecule has 0 spiro atoms. The van der Waals surface area contributed by atoms with Gasteiger partial charge in [-0.25, -0.2) is 9.97 Å². The Morgan fingerprint density at radius 1 is 0.825 bits per heavy atom. The van der Waals surface area contributed by atoms with Gasteiger partial charge in [-0.05, 0) is 60.9 Å². The number of carbonyl (C=O) groups is 1. The standard InChI is InChI=1S/C34H34N4O2/c1-25(27-13-7-4-8-14-27)35-32(39)22-24-38(23-21-26-11-5-3-6-12-26)34-30-15-9-10-16-31(30)36-33(37-34)28-17-19-29(40-2)20-18-28/h3-20,25H,21-24H2,1-2H3,(H,35,39). The molecule has 0 aliphatic rings. The minimum atomic E-state index is -0.0620. The normalized spacial score (nSPS) is 11.7. The van der Waals surface area contributed by atoms with E-state index in [1.54, 1.807) is 7.11 Å². The lowest BCUT2D eigenvalue weighted by atomic mass is 10.1. The van der Waals surface area contributed by atoms with E-state index in [4.69, 9.17) is 14.7 Å². The number of fused-ring (bicyclic) bond motifs is 1. The van der Waals surface area contributed by atoms with Crippen molar-refractivity contribution in [2.24, 2.45) is 0 Å². The molecule has 4 aromatic carbocycles. The van der Waals surface area contributed by atoms with Crippen molar-refractivity contribution in [2.75, 3.05) is 25.1 Å². The first kappa shape index (κ1) is 26.9. The maximum absolute atomic E-state index is 13.1. The monoisotopic (exact) mass is 530 g/mol. The smallest absolute Gasteiger partial charge is 0.222 e. The molecule has 202 valence electrons. The van der Waals surface area contributed by atoms with Crippen molar-refractivity contribution < 1.29 is 9.53 Å². The number of benzene rings is 4. The van der Waals surface area contributed by atoms with E-state index in [0.29, 0.717) is 25.3 Å². The van der Waals surface area contributed by atoms with Crippen molar-refractivity contribution in [3.63, 3.8) is 0 Å². The molecular weight excluding hydrogens is 496 g/mol. The molecule has 1 atom stereocenters. The van der Waals surface area contributed by atoms with E-state index in [1.165, 1.54) is 5.56 Å². The number of aromatic nitrogens is 2. The van der Waals surface area contributed by atoms with Gasteiger partial charge in [0.05, 0.1) is 18.7 Å². The summed E-state index contributed by atoms with van der Waals surface area (Å²) in [5.41, 5.74) is 4.10. The highest BCUT2D eigenvalue weighted by atomic mass is 16.5. The number of anilines is 1. The summed E-state index contributed by atoms with van der Waals surface area (Å²) in [7, 11) is 1.65. The number of rotatable bonds is 11. The Labute approximate surface area is 235 Å². The van der Waals surface area contributed by atoms with Crippen LogP contribution in [0.25, 0.3) is 22.3 Å². The molecule has 0 saturated carbocycles. The predicted octanol–water partition coefficient (Wildman–Crippen LogP) is 6.62. The molecular formula is C34H34N4O2. The molecule has 6 heteroatoms. The number of carbonyl (C=O) groups excluding carboxylic acids is 1. The van der Waals surface area contributed by atoms with Crippen LogP contribution in [-0.2, 0) is 11.2 Å². The quantitative estimate of drug-likeness (QED) is 0.208. The van der Waals surface area contributed by atoms with Crippen LogP contribution in [0.2, 0.25) is 0 Å². The summed E-state index contributed by atoms with van der Waals surface area (Å²) in [6.45, 7) is 3.26. The van der Waals surface area contributed by atoms with E-state index in [9.17, 15) is 4.79 Å². The molecule has 1 N–H and O–H groups in total. The summed E-state index contributed by atoms with van der Waals surface area (Å²) in [4.78, 5) is 25.2. The molecule has 40 heavy (non-hydrogen) atoms. The van der Waals surface area contributed by atoms with Crippen molar-refractivity contribution in [2.45, 2.75) is 25.8 Å². The Morgan fingerprint density at radius 3 is 2.23 bits per heavy atom. The number of nitrogens with zero attached hydrogens (tertiary/aromatic N) is 3. The van der Waals surface area contributed by atoms with Crippen LogP contribution in [0.5, 0.6) is 5.75 Å². The van der Waals surface area contributed by atoms with Gasteiger partial charge in [-0.3, -0.25) is 4.79 Å². The average Bonchev–Trinajstić information content (AvgIpc) is 3.01. The van der Waals surface area contributed by atoms with Crippen molar-refractivity contribution in [1.82, 2.24) is 15.3 Å². The molecule has 5 rings (SSSR count). The zero-order valence-corrected chi connectivity index (χ0v) is 23.0. The predicted molar refractivity (Wildman–Crippen MR) is 162 cm³/mol. The lowest BCUT2D eigenvalue weighted by Gasteiger charge is -2.26. The Bertz CT molecular complexity index is 1540. The number of ether oxygens (including phenoxy) is 1. The third-order valence-electron chi connectivity index (χ3n) is 7.03. The SMILES string of the molecule is COc1ccc(-c2nc(N(CCC(=O)NC(C)c3ccccc3)CCc3ccccc3)c3ccccc3n2)cc1.